The van der Waals surface area contributed by atoms with Crippen molar-refractivity contribution in [1.82, 2.24) is 4.90 Å². The molecule has 1 atom stereocenters. The first-order chi connectivity index (χ1) is 8.22. The predicted molar refractivity (Wildman–Crippen MR) is 80.1 cm³/mol. The topological polar surface area (TPSA) is 3.24 Å². The van der Waals surface area contributed by atoms with Crippen molar-refractivity contribution >= 4 is 27.7 Å². The van der Waals surface area contributed by atoms with Gasteiger partial charge in [0.05, 0.1) is 0 Å². The zero-order valence-corrected chi connectivity index (χ0v) is 12.3. The molecular formula is C14H16BrNS. The molecule has 17 heavy (non-hydrogen) atoms. The molecule has 0 spiro atoms. The minimum absolute atomic E-state index is 0.346. The maximum Gasteiger partial charge on any atom is 0.135 e. The maximum absolute atomic E-state index is 3.81. The number of benzene rings is 1. The van der Waals surface area contributed by atoms with Crippen LogP contribution in [0.1, 0.15) is 12.5 Å². The molecule has 1 aromatic rings. The number of hydrogen-bond donors (Lipinski definition) is 0. The number of thioether (sulfide) groups is 1. The highest BCUT2D eigenvalue weighted by Gasteiger charge is 2.26. The van der Waals surface area contributed by atoms with Gasteiger partial charge in [-0.15, -0.1) is 6.58 Å². The van der Waals surface area contributed by atoms with E-state index in [1.54, 1.807) is 0 Å². The molecule has 2 rings (SSSR count). The Morgan fingerprint density at radius 3 is 2.76 bits per heavy atom. The van der Waals surface area contributed by atoms with Crippen molar-refractivity contribution < 1.29 is 0 Å². The van der Waals surface area contributed by atoms with Crippen molar-refractivity contribution in [1.29, 1.82) is 0 Å². The largest absolute Gasteiger partial charge is 0.349 e. The number of nitrogens with zero attached hydrogens (tertiary/aromatic N) is 1. The average Bonchev–Trinajstić information content (AvgIpc) is 2.59. The number of alkyl halides is 1. The van der Waals surface area contributed by atoms with Crippen molar-refractivity contribution in [2.45, 2.75) is 17.6 Å². The van der Waals surface area contributed by atoms with Crippen molar-refractivity contribution in [2.75, 3.05) is 6.54 Å². The zero-order chi connectivity index (χ0) is 12.3. The third kappa shape index (κ3) is 2.96. The summed E-state index contributed by atoms with van der Waals surface area (Å²) in [4.78, 5) is 3.77. The normalized spacial score (nSPS) is 19.9. The van der Waals surface area contributed by atoms with E-state index in [-0.39, 0.29) is 0 Å². The summed E-state index contributed by atoms with van der Waals surface area (Å²) in [5, 5.41) is 0. The Bertz CT molecular complexity index is 427. The second-order valence-corrected chi connectivity index (χ2v) is 6.67. The fraction of sp³-hybridized carbons (Fsp3) is 0.286. The van der Waals surface area contributed by atoms with Crippen LogP contribution in [0.3, 0.4) is 0 Å². The van der Waals surface area contributed by atoms with E-state index < -0.39 is 0 Å². The summed E-state index contributed by atoms with van der Waals surface area (Å²) in [6, 6.07) is 10.6. The van der Waals surface area contributed by atoms with Crippen LogP contribution in [-0.4, -0.2) is 15.7 Å². The van der Waals surface area contributed by atoms with Gasteiger partial charge < -0.3 is 4.90 Å². The minimum Gasteiger partial charge on any atom is -0.349 e. The quantitative estimate of drug-likeness (QED) is 0.461. The fourth-order valence-electron chi connectivity index (χ4n) is 1.89. The van der Waals surface area contributed by atoms with Crippen LogP contribution in [0.15, 0.2) is 53.6 Å². The molecule has 0 bridgehead atoms. The standard InChI is InChI=1S/C14H16BrNS/c1-3-9-16-11(2)13(17-14(16)15)10-12-7-5-4-6-8-12/h3-8,14H,1,9-10H2,2H3. The molecule has 0 aromatic heterocycles. The van der Waals surface area contributed by atoms with Gasteiger partial charge in [0.2, 0.25) is 0 Å². The van der Waals surface area contributed by atoms with Crippen molar-refractivity contribution in [2.24, 2.45) is 0 Å². The van der Waals surface area contributed by atoms with E-state index in [1.165, 1.54) is 16.2 Å². The number of allylic oxidation sites excluding steroid dienone is 2. The molecule has 90 valence electrons. The van der Waals surface area contributed by atoms with Gasteiger partial charge in [0.15, 0.2) is 0 Å². The lowest BCUT2D eigenvalue weighted by atomic mass is 10.1. The van der Waals surface area contributed by atoms with E-state index in [1.807, 2.05) is 17.8 Å². The van der Waals surface area contributed by atoms with Gasteiger partial charge in [-0.1, -0.05) is 64.1 Å². The third-order valence-corrected chi connectivity index (χ3v) is 5.08. The maximum atomic E-state index is 3.81. The Hall–Kier alpha value is -0.670. The summed E-state index contributed by atoms with van der Waals surface area (Å²) in [6.45, 7) is 6.89. The fourth-order valence-corrected chi connectivity index (χ4v) is 4.18. The van der Waals surface area contributed by atoms with Gasteiger partial charge in [-0.25, -0.2) is 0 Å². The van der Waals surface area contributed by atoms with Gasteiger partial charge in [-0.2, -0.15) is 0 Å². The molecule has 1 aliphatic rings. The minimum atomic E-state index is 0.346. The summed E-state index contributed by atoms with van der Waals surface area (Å²) in [7, 11) is 0. The van der Waals surface area contributed by atoms with E-state index >= 15 is 0 Å². The van der Waals surface area contributed by atoms with Crippen LogP contribution in [0.5, 0.6) is 0 Å². The number of hydrogen-bond acceptors (Lipinski definition) is 2. The molecule has 0 N–H and O–H groups in total. The molecule has 0 fully saturated rings. The summed E-state index contributed by atoms with van der Waals surface area (Å²) in [5.41, 5.74) is 2.73. The predicted octanol–water partition coefficient (Wildman–Crippen LogP) is 4.37. The average molecular weight is 310 g/mol. The molecule has 0 radical (unpaired) electrons. The molecule has 0 saturated carbocycles. The van der Waals surface area contributed by atoms with Crippen LogP contribution in [0.25, 0.3) is 0 Å². The molecular weight excluding hydrogens is 294 g/mol. The molecule has 1 heterocycles. The zero-order valence-electron chi connectivity index (χ0n) is 9.90. The first-order valence-corrected chi connectivity index (χ1v) is 7.44. The lowest BCUT2D eigenvalue weighted by molar-refractivity contribution is 0.437. The molecule has 3 heteroatoms. The first kappa shape index (κ1) is 12.8. The van der Waals surface area contributed by atoms with Gasteiger partial charge in [0, 0.05) is 23.6 Å². The molecule has 0 saturated heterocycles. The van der Waals surface area contributed by atoms with E-state index in [4.69, 9.17) is 0 Å². The van der Waals surface area contributed by atoms with E-state index in [2.05, 4.69) is 64.7 Å². The number of halogens is 1. The second-order valence-electron chi connectivity index (χ2n) is 4.02. The van der Waals surface area contributed by atoms with Crippen molar-refractivity contribution in [3.8, 4) is 0 Å². The highest BCUT2D eigenvalue weighted by atomic mass is 79.9. The van der Waals surface area contributed by atoms with Gasteiger partial charge in [0.25, 0.3) is 0 Å². The van der Waals surface area contributed by atoms with Gasteiger partial charge >= 0.3 is 0 Å². The second kappa shape index (κ2) is 5.78. The Balaban J connectivity index is 2.13. The van der Waals surface area contributed by atoms with Crippen molar-refractivity contribution in [3.05, 3.63) is 59.2 Å². The van der Waals surface area contributed by atoms with E-state index in [0.717, 1.165) is 13.0 Å². The summed E-state index contributed by atoms with van der Waals surface area (Å²) in [6.07, 6.45) is 2.97. The highest BCUT2D eigenvalue weighted by molar-refractivity contribution is 9.11. The van der Waals surface area contributed by atoms with Crippen LogP contribution in [0.2, 0.25) is 0 Å². The molecule has 0 aliphatic carbocycles. The Morgan fingerprint density at radius 1 is 1.41 bits per heavy atom. The van der Waals surface area contributed by atoms with Crippen LogP contribution < -0.4 is 0 Å². The lowest BCUT2D eigenvalue weighted by Crippen LogP contribution is -2.22. The molecule has 1 aromatic carbocycles. The van der Waals surface area contributed by atoms with Crippen molar-refractivity contribution in [3.63, 3.8) is 0 Å². The highest BCUT2D eigenvalue weighted by Crippen LogP contribution is 2.42. The SMILES string of the molecule is C=CCN1C(C)=C(Cc2ccccc2)SC1Br. The Morgan fingerprint density at radius 2 is 2.12 bits per heavy atom. The summed E-state index contributed by atoms with van der Waals surface area (Å²) < 4.78 is 0.346. The van der Waals surface area contributed by atoms with E-state index in [0.29, 0.717) is 4.28 Å². The Kier molecular flexibility index (Phi) is 4.35. The molecule has 1 unspecified atom stereocenters. The lowest BCUT2D eigenvalue weighted by Gasteiger charge is -2.21. The van der Waals surface area contributed by atoms with Gasteiger partial charge in [-0.05, 0) is 12.5 Å². The molecule has 1 nitrogen and oxygen atoms in total. The van der Waals surface area contributed by atoms with Crippen LogP contribution in [0.4, 0.5) is 0 Å². The van der Waals surface area contributed by atoms with Crippen LogP contribution in [0, 0.1) is 0 Å². The monoisotopic (exact) mass is 309 g/mol. The van der Waals surface area contributed by atoms with E-state index in [9.17, 15) is 0 Å². The summed E-state index contributed by atoms with van der Waals surface area (Å²) >= 11 is 5.59. The number of rotatable bonds is 4. The van der Waals surface area contributed by atoms with Crippen LogP contribution in [-0.2, 0) is 6.42 Å². The molecule has 0 amide bonds. The summed E-state index contributed by atoms with van der Waals surface area (Å²) in [5.74, 6) is 0. The van der Waals surface area contributed by atoms with Gasteiger partial charge in [-0.3, -0.25) is 0 Å². The molecule has 1 aliphatic heterocycles. The first-order valence-electron chi connectivity index (χ1n) is 5.64. The third-order valence-electron chi connectivity index (χ3n) is 2.85. The van der Waals surface area contributed by atoms with Gasteiger partial charge in [0.1, 0.15) is 4.28 Å². The Labute approximate surface area is 116 Å². The smallest absolute Gasteiger partial charge is 0.135 e. The van der Waals surface area contributed by atoms with Crippen LogP contribution >= 0.6 is 27.7 Å².